The fraction of sp³-hybridized carbons (Fsp3) is 0.375. The fourth-order valence-corrected chi connectivity index (χ4v) is 4.25. The zero-order valence-corrected chi connectivity index (χ0v) is 17.5. The first-order valence-electron chi connectivity index (χ1n) is 10.4. The number of rotatable bonds is 5. The Labute approximate surface area is 175 Å². The van der Waals surface area contributed by atoms with Crippen LogP contribution in [-0.4, -0.2) is 27.3 Å². The van der Waals surface area contributed by atoms with Gasteiger partial charge in [0.2, 0.25) is 0 Å². The Morgan fingerprint density at radius 3 is 2.40 bits per heavy atom. The van der Waals surface area contributed by atoms with Gasteiger partial charge < -0.3 is 23.9 Å². The van der Waals surface area contributed by atoms with E-state index in [0.29, 0.717) is 40.3 Å². The van der Waals surface area contributed by atoms with Crippen LogP contribution in [-0.2, 0) is 6.54 Å². The average molecular weight is 409 g/mol. The van der Waals surface area contributed by atoms with Crippen molar-refractivity contribution in [2.24, 2.45) is 0 Å². The predicted octanol–water partition coefficient (Wildman–Crippen LogP) is 2.51. The van der Waals surface area contributed by atoms with Crippen molar-refractivity contribution in [3.8, 4) is 28.4 Å². The molecule has 158 valence electrons. The number of benzene rings is 2. The Bertz CT molecular complexity index is 1100. The molecule has 6 heteroatoms. The summed E-state index contributed by atoms with van der Waals surface area (Å²) in [6, 6.07) is 10.4. The smallest absolute Gasteiger partial charge is 0.344 e. The molecule has 2 aromatic carbocycles. The van der Waals surface area contributed by atoms with Gasteiger partial charge in [-0.05, 0) is 49.4 Å². The Balaban J connectivity index is 1.76. The van der Waals surface area contributed by atoms with E-state index in [4.69, 9.17) is 13.9 Å². The lowest BCUT2D eigenvalue weighted by atomic mass is 10.0. The second-order valence-corrected chi connectivity index (χ2v) is 7.82. The van der Waals surface area contributed by atoms with Crippen LogP contribution in [0.25, 0.3) is 22.1 Å². The second kappa shape index (κ2) is 8.79. The van der Waals surface area contributed by atoms with Gasteiger partial charge in [0.05, 0.1) is 32.9 Å². The van der Waals surface area contributed by atoms with Crippen LogP contribution in [0.3, 0.4) is 0 Å². The van der Waals surface area contributed by atoms with E-state index in [-0.39, 0.29) is 5.75 Å². The molecule has 0 atom stereocenters. The lowest BCUT2D eigenvalue weighted by molar-refractivity contribution is -0.913. The molecule has 1 aliphatic heterocycles. The molecule has 0 amide bonds. The molecule has 0 bridgehead atoms. The van der Waals surface area contributed by atoms with Gasteiger partial charge in [-0.25, -0.2) is 4.79 Å². The quantitative estimate of drug-likeness (QED) is 0.656. The maximum atomic E-state index is 12.9. The normalized spacial score (nSPS) is 15.1. The number of hydrogen-bond acceptors (Lipinski definition) is 5. The highest BCUT2D eigenvalue weighted by atomic mass is 16.5. The number of likely N-dealkylation sites (tertiary alicyclic amines) is 1. The van der Waals surface area contributed by atoms with E-state index in [1.165, 1.54) is 30.6 Å². The van der Waals surface area contributed by atoms with Gasteiger partial charge in [0, 0.05) is 10.9 Å². The Hall–Kier alpha value is -2.99. The molecule has 1 aromatic heterocycles. The second-order valence-electron chi connectivity index (χ2n) is 7.82. The first-order chi connectivity index (χ1) is 14.6. The van der Waals surface area contributed by atoms with Crippen LogP contribution in [0.1, 0.15) is 31.2 Å². The minimum atomic E-state index is -0.465. The minimum absolute atomic E-state index is 0.0683. The summed E-state index contributed by atoms with van der Waals surface area (Å²) in [5.41, 5.74) is 1.64. The highest BCUT2D eigenvalue weighted by Gasteiger charge is 2.18. The molecule has 1 aliphatic rings. The van der Waals surface area contributed by atoms with Gasteiger partial charge in [0.1, 0.15) is 12.1 Å². The SMILES string of the molecule is COc1ccc(-c2cc3ccc([O-])c(C[NH+]4CCCCCC4)c3oc2=O)cc1OC. The van der Waals surface area contributed by atoms with Gasteiger partial charge in [-0.3, -0.25) is 0 Å². The van der Waals surface area contributed by atoms with Gasteiger partial charge in [0.15, 0.2) is 11.5 Å². The van der Waals surface area contributed by atoms with Gasteiger partial charge in [-0.15, -0.1) is 0 Å². The average Bonchev–Trinajstić information content (AvgIpc) is 3.04. The summed E-state index contributed by atoms with van der Waals surface area (Å²) in [6.45, 7) is 2.68. The summed E-state index contributed by atoms with van der Waals surface area (Å²) >= 11 is 0. The number of hydrogen-bond donors (Lipinski definition) is 1. The van der Waals surface area contributed by atoms with Gasteiger partial charge >= 0.3 is 5.63 Å². The minimum Gasteiger partial charge on any atom is -0.872 e. The predicted molar refractivity (Wildman–Crippen MR) is 113 cm³/mol. The van der Waals surface area contributed by atoms with Crippen LogP contribution in [0.4, 0.5) is 0 Å². The summed E-state index contributed by atoms with van der Waals surface area (Å²) in [4.78, 5) is 14.2. The number of ether oxygens (including phenoxy) is 2. The summed E-state index contributed by atoms with van der Waals surface area (Å²) in [5.74, 6) is 1.06. The lowest BCUT2D eigenvalue weighted by Gasteiger charge is -2.21. The van der Waals surface area contributed by atoms with Crippen LogP contribution in [0.15, 0.2) is 45.6 Å². The van der Waals surface area contributed by atoms with Crippen molar-refractivity contribution in [2.45, 2.75) is 32.2 Å². The van der Waals surface area contributed by atoms with Gasteiger partial charge in [-0.1, -0.05) is 23.9 Å². The highest BCUT2D eigenvalue weighted by molar-refractivity contribution is 5.85. The molecule has 0 spiro atoms. The molecule has 0 saturated carbocycles. The van der Waals surface area contributed by atoms with Gasteiger partial charge in [-0.2, -0.15) is 0 Å². The number of fused-ring (bicyclic) bond motifs is 1. The molecule has 0 radical (unpaired) electrons. The van der Waals surface area contributed by atoms with E-state index >= 15 is 0 Å². The molecule has 1 saturated heterocycles. The van der Waals surface area contributed by atoms with Crippen molar-refractivity contribution >= 4 is 11.0 Å². The zero-order valence-electron chi connectivity index (χ0n) is 17.5. The molecule has 30 heavy (non-hydrogen) atoms. The van der Waals surface area contributed by atoms with E-state index in [1.54, 1.807) is 50.6 Å². The zero-order chi connectivity index (χ0) is 21.1. The van der Waals surface area contributed by atoms with E-state index < -0.39 is 5.63 Å². The monoisotopic (exact) mass is 409 g/mol. The van der Waals surface area contributed by atoms with Crippen molar-refractivity contribution in [1.29, 1.82) is 0 Å². The van der Waals surface area contributed by atoms with Crippen LogP contribution < -0.4 is 25.1 Å². The summed E-state index contributed by atoms with van der Waals surface area (Å²) in [6.07, 6.45) is 4.82. The van der Waals surface area contributed by atoms with E-state index in [0.717, 1.165) is 18.5 Å². The maximum Gasteiger partial charge on any atom is 0.344 e. The molecular formula is C24H27NO5. The van der Waals surface area contributed by atoms with E-state index in [2.05, 4.69) is 0 Å². The lowest BCUT2D eigenvalue weighted by Crippen LogP contribution is -3.10. The topological polar surface area (TPSA) is 76.2 Å². The largest absolute Gasteiger partial charge is 0.872 e. The van der Waals surface area contributed by atoms with Crippen molar-refractivity contribution in [3.05, 3.63) is 52.4 Å². The van der Waals surface area contributed by atoms with Crippen molar-refractivity contribution in [3.63, 3.8) is 0 Å². The van der Waals surface area contributed by atoms with Crippen LogP contribution in [0, 0.1) is 0 Å². The number of quaternary nitrogens is 1. The molecular weight excluding hydrogens is 382 g/mol. The number of methoxy groups -OCH3 is 2. The third-order valence-electron chi connectivity index (χ3n) is 5.89. The van der Waals surface area contributed by atoms with Crippen LogP contribution in [0.5, 0.6) is 17.2 Å². The molecule has 0 unspecified atom stereocenters. The Kier molecular flexibility index (Phi) is 5.95. The first kappa shape index (κ1) is 20.3. The van der Waals surface area contributed by atoms with Crippen LogP contribution >= 0.6 is 0 Å². The summed E-state index contributed by atoms with van der Waals surface area (Å²) in [7, 11) is 3.12. The molecule has 4 rings (SSSR count). The Morgan fingerprint density at radius 1 is 0.967 bits per heavy atom. The molecule has 0 aliphatic carbocycles. The summed E-state index contributed by atoms with van der Waals surface area (Å²) < 4.78 is 16.3. The van der Waals surface area contributed by atoms with Crippen molar-refractivity contribution < 1.29 is 23.9 Å². The third-order valence-corrected chi connectivity index (χ3v) is 5.89. The van der Waals surface area contributed by atoms with Crippen molar-refractivity contribution in [1.82, 2.24) is 0 Å². The first-order valence-corrected chi connectivity index (χ1v) is 10.4. The molecule has 6 nitrogen and oxygen atoms in total. The number of nitrogens with one attached hydrogen (secondary N) is 1. The van der Waals surface area contributed by atoms with Gasteiger partial charge in [0.25, 0.3) is 0 Å². The third kappa shape index (κ3) is 4.00. The Morgan fingerprint density at radius 2 is 1.70 bits per heavy atom. The van der Waals surface area contributed by atoms with E-state index in [1.807, 2.05) is 0 Å². The maximum absolute atomic E-state index is 12.9. The standard InChI is InChI=1S/C24H27NO5/c1-28-21-10-8-16(14-22(21)29-2)18-13-17-7-9-20(26)19(23(17)30-24(18)27)15-25-11-5-3-4-6-12-25/h7-10,13-14,26H,3-6,11-12,15H2,1-2H3. The summed E-state index contributed by atoms with van der Waals surface area (Å²) in [5, 5.41) is 13.4. The van der Waals surface area contributed by atoms with Crippen LogP contribution in [0.2, 0.25) is 0 Å². The highest BCUT2D eigenvalue weighted by Crippen LogP contribution is 2.33. The molecule has 1 N–H and O–H groups in total. The molecule has 1 fully saturated rings. The van der Waals surface area contributed by atoms with E-state index in [9.17, 15) is 9.90 Å². The molecule has 2 heterocycles. The molecule has 3 aromatic rings. The fourth-order valence-electron chi connectivity index (χ4n) is 4.25. The van der Waals surface area contributed by atoms with Crippen molar-refractivity contribution in [2.75, 3.05) is 27.3 Å².